The number of furan rings is 1. The van der Waals surface area contributed by atoms with Gasteiger partial charge < -0.3 is 13.7 Å². The highest BCUT2D eigenvalue weighted by molar-refractivity contribution is 6.32. The van der Waals surface area contributed by atoms with Crippen molar-refractivity contribution in [3.63, 3.8) is 0 Å². The molecule has 0 unspecified atom stereocenters. The first-order valence-electron chi connectivity index (χ1n) is 11.6. The number of ether oxygens (including phenoxy) is 1. The number of nitro benzene ring substituents is 1. The number of benzene rings is 1. The molecular formula is C26H18ClN5O7. The molecule has 0 aliphatic carbocycles. The summed E-state index contributed by atoms with van der Waals surface area (Å²) in [5.74, 6) is -1.31. The van der Waals surface area contributed by atoms with Gasteiger partial charge in [-0.2, -0.15) is 4.99 Å². The van der Waals surface area contributed by atoms with Crippen molar-refractivity contribution in [3.8, 4) is 0 Å². The molecule has 5 rings (SSSR count). The van der Waals surface area contributed by atoms with Gasteiger partial charge in [-0.25, -0.2) is 9.78 Å². The Labute approximate surface area is 223 Å². The van der Waals surface area contributed by atoms with E-state index in [0.29, 0.717) is 11.4 Å². The maximum Gasteiger partial charge on any atom is 0.341 e. The predicted molar refractivity (Wildman–Crippen MR) is 139 cm³/mol. The second-order valence-corrected chi connectivity index (χ2v) is 8.60. The molecule has 0 fully saturated rings. The first kappa shape index (κ1) is 25.5. The van der Waals surface area contributed by atoms with Crippen LogP contribution >= 0.6 is 11.6 Å². The number of carbonyl (C=O) groups is 2. The van der Waals surface area contributed by atoms with Crippen molar-refractivity contribution in [3.05, 3.63) is 115 Å². The second-order valence-electron chi connectivity index (χ2n) is 8.19. The average Bonchev–Trinajstić information content (AvgIpc) is 3.43. The number of halogens is 1. The molecule has 0 spiro atoms. The third kappa shape index (κ3) is 4.80. The fraction of sp³-hybridized carbons (Fsp3) is 0.115. The summed E-state index contributed by atoms with van der Waals surface area (Å²) in [6, 6.07) is 13.1. The lowest BCUT2D eigenvalue weighted by Gasteiger charge is -2.14. The fourth-order valence-electron chi connectivity index (χ4n) is 4.01. The van der Waals surface area contributed by atoms with E-state index in [4.69, 9.17) is 20.8 Å². The van der Waals surface area contributed by atoms with Gasteiger partial charge in [0.1, 0.15) is 27.6 Å². The fourth-order valence-corrected chi connectivity index (χ4v) is 4.20. The van der Waals surface area contributed by atoms with Crippen LogP contribution in [0.2, 0.25) is 5.02 Å². The summed E-state index contributed by atoms with van der Waals surface area (Å²) in [5, 5.41) is 11.3. The zero-order valence-electron chi connectivity index (χ0n) is 20.2. The van der Waals surface area contributed by atoms with Gasteiger partial charge in [0, 0.05) is 17.8 Å². The molecule has 0 bridgehead atoms. The summed E-state index contributed by atoms with van der Waals surface area (Å²) in [6.07, 6.45) is 2.99. The molecular weight excluding hydrogens is 530 g/mol. The van der Waals surface area contributed by atoms with Crippen LogP contribution in [0.5, 0.6) is 0 Å². The zero-order chi connectivity index (χ0) is 27.7. The van der Waals surface area contributed by atoms with Crippen molar-refractivity contribution in [2.45, 2.75) is 13.5 Å². The third-order valence-corrected chi connectivity index (χ3v) is 6.10. The van der Waals surface area contributed by atoms with Crippen molar-refractivity contribution >= 4 is 45.8 Å². The Kier molecular flexibility index (Phi) is 6.77. The van der Waals surface area contributed by atoms with Gasteiger partial charge >= 0.3 is 5.97 Å². The van der Waals surface area contributed by atoms with Crippen LogP contribution in [0.15, 0.2) is 81.3 Å². The SMILES string of the molecule is CCOC(=O)c1cc2c(=O)n3ccccc3nc2n(Cc2ccco2)c1=NC(=O)c1ccc(Cl)c([N+](=O)[O-])c1. The van der Waals surface area contributed by atoms with Gasteiger partial charge in [-0.15, -0.1) is 0 Å². The third-order valence-electron chi connectivity index (χ3n) is 5.78. The van der Waals surface area contributed by atoms with E-state index in [2.05, 4.69) is 9.98 Å². The number of hydrogen-bond acceptors (Lipinski definition) is 8. The quantitative estimate of drug-likeness (QED) is 0.135. The maximum atomic E-state index is 13.4. The summed E-state index contributed by atoms with van der Waals surface area (Å²) in [5.41, 5.74) is -0.985. The Bertz CT molecular complexity index is 1910. The minimum Gasteiger partial charge on any atom is -0.467 e. The van der Waals surface area contributed by atoms with Crippen LogP contribution in [0.4, 0.5) is 5.69 Å². The molecule has 5 aromatic rings. The Morgan fingerprint density at radius 1 is 1.18 bits per heavy atom. The monoisotopic (exact) mass is 547 g/mol. The minimum absolute atomic E-state index is 0.0147. The molecule has 196 valence electrons. The van der Waals surface area contributed by atoms with E-state index < -0.39 is 28.0 Å². The smallest absolute Gasteiger partial charge is 0.341 e. The van der Waals surface area contributed by atoms with E-state index in [-0.39, 0.29) is 45.8 Å². The van der Waals surface area contributed by atoms with Crippen LogP contribution in [0.3, 0.4) is 0 Å². The van der Waals surface area contributed by atoms with Crippen LogP contribution < -0.4 is 11.0 Å². The molecule has 0 radical (unpaired) electrons. The summed E-state index contributed by atoms with van der Waals surface area (Å²) < 4.78 is 13.4. The molecule has 0 aliphatic heterocycles. The molecule has 0 N–H and O–H groups in total. The first-order valence-corrected chi connectivity index (χ1v) is 11.9. The molecule has 1 amide bonds. The number of aromatic nitrogens is 3. The van der Waals surface area contributed by atoms with Crippen LogP contribution in [0.25, 0.3) is 16.7 Å². The topological polar surface area (TPSA) is 151 Å². The van der Waals surface area contributed by atoms with E-state index >= 15 is 0 Å². The number of nitrogens with zero attached hydrogens (tertiary/aromatic N) is 5. The highest BCUT2D eigenvalue weighted by Crippen LogP contribution is 2.25. The molecule has 39 heavy (non-hydrogen) atoms. The van der Waals surface area contributed by atoms with Crippen LogP contribution in [0, 0.1) is 10.1 Å². The maximum absolute atomic E-state index is 13.4. The molecule has 1 aromatic carbocycles. The zero-order valence-corrected chi connectivity index (χ0v) is 21.0. The Morgan fingerprint density at radius 2 is 2.00 bits per heavy atom. The highest BCUT2D eigenvalue weighted by Gasteiger charge is 2.22. The van der Waals surface area contributed by atoms with Gasteiger partial charge in [-0.3, -0.25) is 24.1 Å². The van der Waals surface area contributed by atoms with Gasteiger partial charge in [0.15, 0.2) is 5.49 Å². The predicted octanol–water partition coefficient (Wildman–Crippen LogP) is 3.77. The van der Waals surface area contributed by atoms with Crippen molar-refractivity contribution in [2.24, 2.45) is 4.99 Å². The standard InChI is InChI=1S/C26H18ClN5O7/c1-2-38-26(35)18-13-17-22(28-21-7-3-4-10-30(21)25(17)34)31(14-16-6-5-11-39-16)23(18)29-24(33)15-8-9-19(27)20(12-15)32(36)37/h3-13H,2,14H2,1H3. The van der Waals surface area contributed by atoms with Gasteiger partial charge in [-0.1, -0.05) is 17.7 Å². The Balaban J connectivity index is 1.87. The molecule has 12 nitrogen and oxygen atoms in total. The molecule has 0 aliphatic rings. The number of carbonyl (C=O) groups excluding carboxylic acids is 2. The highest BCUT2D eigenvalue weighted by atomic mass is 35.5. The molecule has 0 saturated carbocycles. The number of esters is 1. The average molecular weight is 548 g/mol. The number of fused-ring (bicyclic) bond motifs is 2. The summed E-state index contributed by atoms with van der Waals surface area (Å²) >= 11 is 5.89. The molecule has 13 heteroatoms. The molecule has 4 aromatic heterocycles. The number of pyridine rings is 2. The molecule has 0 atom stereocenters. The first-order chi connectivity index (χ1) is 18.8. The molecule has 4 heterocycles. The summed E-state index contributed by atoms with van der Waals surface area (Å²) in [7, 11) is 0. The Hall–Kier alpha value is -5.10. The van der Waals surface area contributed by atoms with Gasteiger partial charge in [-0.05, 0) is 49.4 Å². The van der Waals surface area contributed by atoms with Crippen LogP contribution in [-0.2, 0) is 11.3 Å². The summed E-state index contributed by atoms with van der Waals surface area (Å²) in [4.78, 5) is 59.2. The van der Waals surface area contributed by atoms with E-state index in [9.17, 15) is 24.5 Å². The lowest BCUT2D eigenvalue weighted by Crippen LogP contribution is -2.33. The van der Waals surface area contributed by atoms with Crippen molar-refractivity contribution in [1.29, 1.82) is 0 Å². The minimum atomic E-state index is -0.898. The van der Waals surface area contributed by atoms with Crippen molar-refractivity contribution in [2.75, 3.05) is 6.61 Å². The lowest BCUT2D eigenvalue weighted by atomic mass is 10.1. The van der Waals surface area contributed by atoms with Crippen LogP contribution in [-0.4, -0.2) is 37.4 Å². The number of nitro groups is 1. The van der Waals surface area contributed by atoms with Crippen molar-refractivity contribution in [1.82, 2.24) is 14.0 Å². The number of hydrogen-bond donors (Lipinski definition) is 0. The number of rotatable bonds is 6. The normalized spacial score (nSPS) is 11.7. The lowest BCUT2D eigenvalue weighted by molar-refractivity contribution is -0.384. The van der Waals surface area contributed by atoms with E-state index in [1.165, 1.54) is 33.4 Å². The summed E-state index contributed by atoms with van der Waals surface area (Å²) in [6.45, 7) is 1.56. The van der Waals surface area contributed by atoms with Gasteiger partial charge in [0.05, 0.1) is 29.7 Å². The van der Waals surface area contributed by atoms with E-state index in [1.54, 1.807) is 43.5 Å². The van der Waals surface area contributed by atoms with Crippen molar-refractivity contribution < 1.29 is 23.7 Å². The largest absolute Gasteiger partial charge is 0.467 e. The van der Waals surface area contributed by atoms with Crippen LogP contribution in [0.1, 0.15) is 33.4 Å². The van der Waals surface area contributed by atoms with Gasteiger partial charge in [0.25, 0.3) is 17.2 Å². The second kappa shape index (κ2) is 10.3. The van der Waals surface area contributed by atoms with E-state index in [1.807, 2.05) is 0 Å². The van der Waals surface area contributed by atoms with Gasteiger partial charge in [0.2, 0.25) is 0 Å². The Morgan fingerprint density at radius 3 is 2.72 bits per heavy atom. The van der Waals surface area contributed by atoms with E-state index in [0.717, 1.165) is 6.07 Å². The molecule has 0 saturated heterocycles. The number of amides is 1.